The second-order valence-electron chi connectivity index (χ2n) is 4.91. The number of nitrogens with one attached hydrogen (secondary N) is 2. The van der Waals surface area contributed by atoms with Crippen LogP contribution < -0.4 is 15.5 Å². The van der Waals surface area contributed by atoms with Crippen molar-refractivity contribution in [2.24, 2.45) is 0 Å². The predicted molar refractivity (Wildman–Crippen MR) is 83.4 cm³/mol. The highest BCUT2D eigenvalue weighted by atomic mass is 16.5. The van der Waals surface area contributed by atoms with E-state index in [1.54, 1.807) is 7.11 Å². The molecule has 5 heteroatoms. The van der Waals surface area contributed by atoms with Crippen molar-refractivity contribution in [1.29, 1.82) is 0 Å². The number of carbonyl (C=O) groups excluding carboxylic acids is 1. The van der Waals surface area contributed by atoms with Gasteiger partial charge in [0, 0.05) is 34.4 Å². The van der Waals surface area contributed by atoms with E-state index in [9.17, 15) is 4.79 Å². The van der Waals surface area contributed by atoms with E-state index in [4.69, 9.17) is 4.74 Å². The van der Waals surface area contributed by atoms with Gasteiger partial charge in [-0.25, -0.2) is 0 Å². The SMILES string of the molecule is COCCCNC(=O)C(C)Nc1ccccc1N(C)C. The van der Waals surface area contributed by atoms with Gasteiger partial charge in [-0.05, 0) is 25.5 Å². The Morgan fingerprint density at radius 3 is 2.70 bits per heavy atom. The second kappa shape index (κ2) is 8.43. The summed E-state index contributed by atoms with van der Waals surface area (Å²) in [6.45, 7) is 3.15. The van der Waals surface area contributed by atoms with Gasteiger partial charge in [0.15, 0.2) is 0 Å². The van der Waals surface area contributed by atoms with Crippen LogP contribution >= 0.6 is 0 Å². The van der Waals surface area contributed by atoms with Crippen LogP contribution in [0.5, 0.6) is 0 Å². The van der Waals surface area contributed by atoms with Crippen LogP contribution in [-0.2, 0) is 9.53 Å². The molecule has 20 heavy (non-hydrogen) atoms. The molecule has 0 bridgehead atoms. The van der Waals surface area contributed by atoms with Crippen LogP contribution in [0.4, 0.5) is 11.4 Å². The molecule has 2 N–H and O–H groups in total. The van der Waals surface area contributed by atoms with E-state index in [-0.39, 0.29) is 11.9 Å². The predicted octanol–water partition coefficient (Wildman–Crippen LogP) is 1.71. The highest BCUT2D eigenvalue weighted by Gasteiger charge is 2.13. The van der Waals surface area contributed by atoms with E-state index < -0.39 is 0 Å². The number of amides is 1. The van der Waals surface area contributed by atoms with Gasteiger partial charge in [-0.1, -0.05) is 12.1 Å². The highest BCUT2D eigenvalue weighted by Crippen LogP contribution is 2.23. The van der Waals surface area contributed by atoms with Crippen LogP contribution in [0.1, 0.15) is 13.3 Å². The van der Waals surface area contributed by atoms with Crippen molar-refractivity contribution >= 4 is 17.3 Å². The summed E-state index contributed by atoms with van der Waals surface area (Å²) in [6.07, 6.45) is 0.823. The van der Waals surface area contributed by atoms with E-state index in [1.165, 1.54) is 0 Å². The molecule has 1 aromatic carbocycles. The summed E-state index contributed by atoms with van der Waals surface area (Å²) < 4.78 is 4.95. The lowest BCUT2D eigenvalue weighted by Gasteiger charge is -2.21. The minimum Gasteiger partial charge on any atom is -0.385 e. The van der Waals surface area contributed by atoms with Gasteiger partial charge in [-0.15, -0.1) is 0 Å². The number of rotatable bonds is 8. The Hall–Kier alpha value is -1.75. The van der Waals surface area contributed by atoms with Crippen molar-refractivity contribution in [3.05, 3.63) is 24.3 Å². The zero-order valence-corrected chi connectivity index (χ0v) is 12.8. The quantitative estimate of drug-likeness (QED) is 0.711. The summed E-state index contributed by atoms with van der Waals surface area (Å²) in [6, 6.07) is 7.66. The van der Waals surface area contributed by atoms with E-state index >= 15 is 0 Å². The standard InChI is InChI=1S/C15H25N3O2/c1-12(15(19)16-10-7-11-20-4)17-13-8-5-6-9-14(13)18(2)3/h5-6,8-9,12,17H,7,10-11H2,1-4H3,(H,16,19). The normalized spacial score (nSPS) is 11.8. The van der Waals surface area contributed by atoms with Crippen molar-refractivity contribution in [3.8, 4) is 0 Å². The molecular weight excluding hydrogens is 254 g/mol. The van der Waals surface area contributed by atoms with Crippen molar-refractivity contribution in [1.82, 2.24) is 5.32 Å². The fourth-order valence-corrected chi connectivity index (χ4v) is 1.87. The maximum Gasteiger partial charge on any atom is 0.242 e. The van der Waals surface area contributed by atoms with Crippen molar-refractivity contribution in [3.63, 3.8) is 0 Å². The van der Waals surface area contributed by atoms with Gasteiger partial charge >= 0.3 is 0 Å². The molecule has 0 aliphatic rings. The molecule has 0 saturated carbocycles. The van der Waals surface area contributed by atoms with Gasteiger partial charge in [0.2, 0.25) is 5.91 Å². The monoisotopic (exact) mass is 279 g/mol. The molecule has 1 amide bonds. The number of anilines is 2. The highest BCUT2D eigenvalue weighted by molar-refractivity contribution is 5.85. The third-order valence-corrected chi connectivity index (χ3v) is 2.98. The number of carbonyl (C=O) groups is 1. The van der Waals surface area contributed by atoms with Crippen LogP contribution in [0.2, 0.25) is 0 Å². The van der Waals surface area contributed by atoms with Gasteiger partial charge in [0.05, 0.1) is 11.4 Å². The largest absolute Gasteiger partial charge is 0.385 e. The van der Waals surface area contributed by atoms with Crippen LogP contribution in [0.25, 0.3) is 0 Å². The Kier molecular flexibility index (Phi) is 6.87. The molecule has 0 fully saturated rings. The number of methoxy groups -OCH3 is 1. The molecular formula is C15H25N3O2. The number of ether oxygens (including phenoxy) is 1. The Labute approximate surface area is 121 Å². The number of nitrogens with zero attached hydrogens (tertiary/aromatic N) is 1. The molecule has 1 aromatic rings. The topological polar surface area (TPSA) is 53.6 Å². The Morgan fingerprint density at radius 1 is 1.35 bits per heavy atom. The Bertz CT molecular complexity index is 421. The summed E-state index contributed by atoms with van der Waals surface area (Å²) in [7, 11) is 5.62. The van der Waals surface area contributed by atoms with E-state index in [0.717, 1.165) is 17.8 Å². The molecule has 1 atom stereocenters. The van der Waals surface area contributed by atoms with Crippen molar-refractivity contribution in [2.45, 2.75) is 19.4 Å². The van der Waals surface area contributed by atoms with Gasteiger partial charge < -0.3 is 20.3 Å². The lowest BCUT2D eigenvalue weighted by molar-refractivity contribution is -0.121. The van der Waals surface area contributed by atoms with Gasteiger partial charge in [0.25, 0.3) is 0 Å². The zero-order valence-electron chi connectivity index (χ0n) is 12.8. The first-order valence-corrected chi connectivity index (χ1v) is 6.85. The molecule has 0 aliphatic heterocycles. The smallest absolute Gasteiger partial charge is 0.242 e. The van der Waals surface area contributed by atoms with Gasteiger partial charge in [-0.3, -0.25) is 4.79 Å². The first-order chi connectivity index (χ1) is 9.56. The summed E-state index contributed by atoms with van der Waals surface area (Å²) in [5.74, 6) is -0.00494. The minimum absolute atomic E-state index is 0.00494. The average molecular weight is 279 g/mol. The molecule has 0 spiro atoms. The minimum atomic E-state index is -0.279. The summed E-state index contributed by atoms with van der Waals surface area (Å²) in [5.41, 5.74) is 2.02. The summed E-state index contributed by atoms with van der Waals surface area (Å²) >= 11 is 0. The lowest BCUT2D eigenvalue weighted by atomic mass is 10.2. The maximum atomic E-state index is 12.0. The molecule has 0 saturated heterocycles. The maximum absolute atomic E-state index is 12.0. The fourth-order valence-electron chi connectivity index (χ4n) is 1.87. The lowest BCUT2D eigenvalue weighted by Crippen LogP contribution is -2.38. The molecule has 0 radical (unpaired) electrons. The molecule has 1 unspecified atom stereocenters. The molecule has 0 aliphatic carbocycles. The van der Waals surface area contributed by atoms with E-state index in [1.807, 2.05) is 50.2 Å². The van der Waals surface area contributed by atoms with Crippen LogP contribution in [0.3, 0.4) is 0 Å². The summed E-state index contributed by atoms with van der Waals surface area (Å²) in [4.78, 5) is 14.0. The van der Waals surface area contributed by atoms with Crippen molar-refractivity contribution in [2.75, 3.05) is 44.6 Å². The van der Waals surface area contributed by atoms with E-state index in [0.29, 0.717) is 13.2 Å². The van der Waals surface area contributed by atoms with Crippen LogP contribution in [0, 0.1) is 0 Å². The number of benzene rings is 1. The summed E-state index contributed by atoms with van der Waals surface area (Å²) in [5, 5.41) is 6.14. The van der Waals surface area contributed by atoms with Crippen molar-refractivity contribution < 1.29 is 9.53 Å². The zero-order chi connectivity index (χ0) is 15.0. The first-order valence-electron chi connectivity index (χ1n) is 6.85. The number of para-hydroxylation sites is 2. The Balaban J connectivity index is 2.53. The van der Waals surface area contributed by atoms with Crippen LogP contribution in [0.15, 0.2) is 24.3 Å². The van der Waals surface area contributed by atoms with E-state index in [2.05, 4.69) is 10.6 Å². The second-order valence-corrected chi connectivity index (χ2v) is 4.91. The van der Waals surface area contributed by atoms with Gasteiger partial charge in [0.1, 0.15) is 6.04 Å². The molecule has 1 rings (SSSR count). The van der Waals surface area contributed by atoms with Gasteiger partial charge in [-0.2, -0.15) is 0 Å². The number of hydrogen-bond donors (Lipinski definition) is 2. The third kappa shape index (κ3) is 5.09. The fraction of sp³-hybridized carbons (Fsp3) is 0.533. The van der Waals surface area contributed by atoms with Crippen LogP contribution in [-0.4, -0.2) is 46.3 Å². The molecule has 0 heterocycles. The third-order valence-electron chi connectivity index (χ3n) is 2.98. The molecule has 112 valence electrons. The number of hydrogen-bond acceptors (Lipinski definition) is 4. The first kappa shape index (κ1) is 16.3. The molecule has 0 aromatic heterocycles. The average Bonchev–Trinajstić information content (AvgIpc) is 2.43. The molecule has 5 nitrogen and oxygen atoms in total. The Morgan fingerprint density at radius 2 is 2.05 bits per heavy atom.